The average molecular weight is 286 g/mol. The van der Waals surface area contributed by atoms with Gasteiger partial charge >= 0.3 is 6.09 Å². The van der Waals surface area contributed by atoms with Crippen LogP contribution in [0.1, 0.15) is 40.0 Å². The SMILES string of the molecule is CNC[C@H](C[C@@H]1CCCOC1)N(C)C(=O)OC(C)(C)C. The van der Waals surface area contributed by atoms with E-state index in [-0.39, 0.29) is 12.1 Å². The number of rotatable bonds is 5. The molecule has 1 fully saturated rings. The van der Waals surface area contributed by atoms with Crippen molar-refractivity contribution in [1.29, 1.82) is 0 Å². The Hall–Kier alpha value is -0.810. The minimum Gasteiger partial charge on any atom is -0.444 e. The molecule has 1 N–H and O–H groups in total. The molecule has 5 heteroatoms. The molecule has 0 saturated carbocycles. The molecular weight excluding hydrogens is 256 g/mol. The van der Waals surface area contributed by atoms with Crippen LogP contribution in [0.3, 0.4) is 0 Å². The second-order valence-electron chi connectivity index (χ2n) is 6.62. The molecule has 2 atom stereocenters. The molecule has 0 aliphatic carbocycles. The van der Waals surface area contributed by atoms with Crippen molar-refractivity contribution in [3.05, 3.63) is 0 Å². The molecule has 1 aliphatic heterocycles. The van der Waals surface area contributed by atoms with Crippen LogP contribution in [0.25, 0.3) is 0 Å². The zero-order valence-electron chi connectivity index (χ0n) is 13.6. The minimum atomic E-state index is -0.455. The van der Waals surface area contributed by atoms with Gasteiger partial charge < -0.3 is 19.7 Å². The predicted molar refractivity (Wildman–Crippen MR) is 79.9 cm³/mol. The molecule has 0 aromatic heterocycles. The lowest BCUT2D eigenvalue weighted by atomic mass is 9.94. The Kier molecular flexibility index (Phi) is 6.76. The number of carbonyl (C=O) groups excluding carboxylic acids is 1. The van der Waals surface area contributed by atoms with Gasteiger partial charge in [-0.1, -0.05) is 0 Å². The lowest BCUT2D eigenvalue weighted by molar-refractivity contribution is 0.0115. The Labute approximate surface area is 123 Å². The van der Waals surface area contributed by atoms with Crippen LogP contribution in [0.5, 0.6) is 0 Å². The summed E-state index contributed by atoms with van der Waals surface area (Å²) in [5.74, 6) is 0.534. The summed E-state index contributed by atoms with van der Waals surface area (Å²) in [7, 11) is 3.73. The van der Waals surface area contributed by atoms with Gasteiger partial charge in [-0.15, -0.1) is 0 Å². The van der Waals surface area contributed by atoms with Crippen molar-refractivity contribution < 1.29 is 14.3 Å². The third-order valence-corrected chi connectivity index (χ3v) is 3.53. The number of carbonyl (C=O) groups is 1. The summed E-state index contributed by atoms with van der Waals surface area (Å²) < 4.78 is 11.0. The van der Waals surface area contributed by atoms with Gasteiger partial charge in [0.05, 0.1) is 0 Å². The summed E-state index contributed by atoms with van der Waals surface area (Å²) in [5, 5.41) is 3.17. The number of likely N-dealkylation sites (N-methyl/N-ethyl adjacent to an activating group) is 2. The first-order chi connectivity index (χ1) is 9.33. The van der Waals surface area contributed by atoms with Crippen molar-refractivity contribution in [2.75, 3.05) is 33.9 Å². The maximum absolute atomic E-state index is 12.2. The summed E-state index contributed by atoms with van der Waals surface area (Å²) in [6.45, 7) is 8.12. The van der Waals surface area contributed by atoms with Crippen LogP contribution in [-0.2, 0) is 9.47 Å². The Morgan fingerprint density at radius 2 is 2.20 bits per heavy atom. The number of hydrogen-bond donors (Lipinski definition) is 1. The third-order valence-electron chi connectivity index (χ3n) is 3.53. The monoisotopic (exact) mass is 286 g/mol. The molecule has 0 aromatic carbocycles. The number of hydrogen-bond acceptors (Lipinski definition) is 4. The van der Waals surface area contributed by atoms with Crippen LogP contribution in [0.4, 0.5) is 4.79 Å². The van der Waals surface area contributed by atoms with Gasteiger partial charge in [0.1, 0.15) is 5.60 Å². The molecule has 0 spiro atoms. The molecule has 1 rings (SSSR count). The standard InChI is InChI=1S/C15H30N2O3/c1-15(2,3)20-14(18)17(5)13(10-16-4)9-12-7-6-8-19-11-12/h12-13,16H,6-11H2,1-5H3/t12-,13-/m0/s1. The molecule has 0 bridgehead atoms. The van der Waals surface area contributed by atoms with Crippen LogP contribution in [0, 0.1) is 5.92 Å². The Morgan fingerprint density at radius 3 is 2.70 bits per heavy atom. The molecule has 1 aliphatic rings. The molecule has 1 amide bonds. The van der Waals surface area contributed by atoms with Gasteiger partial charge in [0, 0.05) is 32.8 Å². The minimum absolute atomic E-state index is 0.140. The van der Waals surface area contributed by atoms with Gasteiger partial charge in [0.2, 0.25) is 0 Å². The van der Waals surface area contributed by atoms with Gasteiger partial charge in [-0.2, -0.15) is 0 Å². The molecule has 1 heterocycles. The van der Waals surface area contributed by atoms with Gasteiger partial charge in [-0.3, -0.25) is 0 Å². The van der Waals surface area contributed by atoms with Crippen molar-refractivity contribution in [1.82, 2.24) is 10.2 Å². The molecule has 0 radical (unpaired) electrons. The molecule has 20 heavy (non-hydrogen) atoms. The van der Waals surface area contributed by atoms with Crippen LogP contribution >= 0.6 is 0 Å². The van der Waals surface area contributed by atoms with E-state index in [0.717, 1.165) is 32.6 Å². The quantitative estimate of drug-likeness (QED) is 0.842. The number of amides is 1. The Balaban J connectivity index is 2.56. The van der Waals surface area contributed by atoms with Crippen molar-refractivity contribution in [3.63, 3.8) is 0 Å². The first kappa shape index (κ1) is 17.2. The molecular formula is C15H30N2O3. The summed E-state index contributed by atoms with van der Waals surface area (Å²) in [4.78, 5) is 13.9. The highest BCUT2D eigenvalue weighted by atomic mass is 16.6. The molecule has 0 aromatic rings. The number of ether oxygens (including phenoxy) is 2. The van der Waals surface area contributed by atoms with Crippen molar-refractivity contribution >= 4 is 6.09 Å². The van der Waals surface area contributed by atoms with Gasteiger partial charge in [-0.25, -0.2) is 4.79 Å². The van der Waals surface area contributed by atoms with Crippen molar-refractivity contribution in [3.8, 4) is 0 Å². The fourth-order valence-corrected chi connectivity index (χ4v) is 2.48. The predicted octanol–water partition coefficient (Wildman–Crippen LogP) is 2.26. The second kappa shape index (κ2) is 7.84. The van der Waals surface area contributed by atoms with E-state index >= 15 is 0 Å². The molecule has 0 unspecified atom stereocenters. The fraction of sp³-hybridized carbons (Fsp3) is 0.933. The van der Waals surface area contributed by atoms with E-state index < -0.39 is 5.60 Å². The van der Waals surface area contributed by atoms with E-state index in [2.05, 4.69) is 5.32 Å². The van der Waals surface area contributed by atoms with Crippen LogP contribution in [0.2, 0.25) is 0 Å². The van der Waals surface area contributed by atoms with E-state index in [0.29, 0.717) is 5.92 Å². The third kappa shape index (κ3) is 6.09. The zero-order chi connectivity index (χ0) is 15.2. The second-order valence-corrected chi connectivity index (χ2v) is 6.62. The van der Waals surface area contributed by atoms with Crippen LogP contribution in [-0.4, -0.2) is 56.5 Å². The topological polar surface area (TPSA) is 50.8 Å². The maximum Gasteiger partial charge on any atom is 0.410 e. The molecule has 5 nitrogen and oxygen atoms in total. The maximum atomic E-state index is 12.2. The molecule has 118 valence electrons. The van der Waals surface area contributed by atoms with E-state index in [1.165, 1.54) is 6.42 Å². The van der Waals surface area contributed by atoms with Crippen LogP contribution in [0.15, 0.2) is 0 Å². The number of nitrogens with zero attached hydrogens (tertiary/aromatic N) is 1. The highest BCUT2D eigenvalue weighted by molar-refractivity contribution is 5.68. The van der Waals surface area contributed by atoms with Crippen molar-refractivity contribution in [2.24, 2.45) is 5.92 Å². The summed E-state index contributed by atoms with van der Waals surface area (Å²) in [5.41, 5.74) is -0.455. The van der Waals surface area contributed by atoms with E-state index in [4.69, 9.17) is 9.47 Å². The van der Waals surface area contributed by atoms with Crippen LogP contribution < -0.4 is 5.32 Å². The first-order valence-corrected chi connectivity index (χ1v) is 7.51. The van der Waals surface area contributed by atoms with Gasteiger partial charge in [-0.05, 0) is 53.0 Å². The summed E-state index contributed by atoms with van der Waals surface area (Å²) in [6.07, 6.45) is 3.00. The Bertz CT molecular complexity index is 296. The first-order valence-electron chi connectivity index (χ1n) is 7.51. The lowest BCUT2D eigenvalue weighted by Gasteiger charge is -2.33. The Morgan fingerprint density at radius 1 is 1.50 bits per heavy atom. The van der Waals surface area contributed by atoms with E-state index in [1.54, 1.807) is 4.90 Å². The normalized spacial score (nSPS) is 21.4. The number of nitrogens with one attached hydrogen (secondary N) is 1. The average Bonchev–Trinajstić information content (AvgIpc) is 2.36. The highest BCUT2D eigenvalue weighted by Gasteiger charge is 2.27. The lowest BCUT2D eigenvalue weighted by Crippen LogP contribution is -2.46. The zero-order valence-corrected chi connectivity index (χ0v) is 13.6. The summed E-state index contributed by atoms with van der Waals surface area (Å²) in [6, 6.07) is 0.140. The van der Waals surface area contributed by atoms with E-state index in [1.807, 2.05) is 34.9 Å². The highest BCUT2D eigenvalue weighted by Crippen LogP contribution is 2.21. The largest absolute Gasteiger partial charge is 0.444 e. The van der Waals surface area contributed by atoms with Crippen molar-refractivity contribution in [2.45, 2.75) is 51.7 Å². The fourth-order valence-electron chi connectivity index (χ4n) is 2.48. The smallest absolute Gasteiger partial charge is 0.410 e. The van der Waals surface area contributed by atoms with Gasteiger partial charge in [0.25, 0.3) is 0 Å². The van der Waals surface area contributed by atoms with Gasteiger partial charge in [0.15, 0.2) is 0 Å². The molecule has 1 saturated heterocycles. The van der Waals surface area contributed by atoms with E-state index in [9.17, 15) is 4.79 Å². The summed E-state index contributed by atoms with van der Waals surface area (Å²) >= 11 is 0.